The summed E-state index contributed by atoms with van der Waals surface area (Å²) < 4.78 is 17.1. The molecule has 5 nitrogen and oxygen atoms in total. The Hall–Kier alpha value is -2.62. The van der Waals surface area contributed by atoms with E-state index in [1.807, 2.05) is 0 Å². The second-order valence-electron chi connectivity index (χ2n) is 5.40. The predicted molar refractivity (Wildman–Crippen MR) is 91.1 cm³/mol. The molecule has 0 radical (unpaired) electrons. The summed E-state index contributed by atoms with van der Waals surface area (Å²) in [4.78, 5) is 14.8. The number of hydrogen-bond donors (Lipinski definition) is 0. The van der Waals surface area contributed by atoms with Gasteiger partial charge in [0.15, 0.2) is 5.69 Å². The lowest BCUT2D eigenvalue weighted by Crippen LogP contribution is -2.38. The zero-order valence-electron chi connectivity index (χ0n) is 13.1. The van der Waals surface area contributed by atoms with Crippen LogP contribution in [0.5, 0.6) is 11.5 Å². The highest BCUT2D eigenvalue weighted by Gasteiger charge is 2.26. The number of rotatable bonds is 4. The zero-order chi connectivity index (χ0) is 16.8. The van der Waals surface area contributed by atoms with E-state index in [9.17, 15) is 4.79 Å². The fourth-order valence-corrected chi connectivity index (χ4v) is 2.47. The summed E-state index contributed by atoms with van der Waals surface area (Å²) in [5, 5.41) is 0. The van der Waals surface area contributed by atoms with Crippen molar-refractivity contribution in [1.29, 1.82) is 0 Å². The molecule has 1 heterocycles. The number of aldehydes is 1. The van der Waals surface area contributed by atoms with E-state index < -0.39 is 7.12 Å². The van der Waals surface area contributed by atoms with Gasteiger partial charge in [0.1, 0.15) is 17.8 Å². The first-order valence-corrected chi connectivity index (χ1v) is 7.78. The summed E-state index contributed by atoms with van der Waals surface area (Å²) in [5.41, 5.74) is 1.74. The third kappa shape index (κ3) is 3.83. The third-order valence-corrected chi connectivity index (χ3v) is 3.72. The van der Waals surface area contributed by atoms with Gasteiger partial charge in [-0.15, -0.1) is 0 Å². The van der Waals surface area contributed by atoms with Crippen LogP contribution in [-0.2, 0) is 9.31 Å². The maximum atomic E-state index is 11.4. The minimum atomic E-state index is -0.514. The van der Waals surface area contributed by atoms with Crippen LogP contribution in [-0.4, -0.2) is 26.6 Å². The quantitative estimate of drug-likeness (QED) is 0.492. The lowest BCUT2D eigenvalue weighted by molar-refractivity contribution is 0.112. The highest BCUT2D eigenvalue weighted by atomic mass is 16.6. The van der Waals surface area contributed by atoms with Crippen LogP contribution in [0.1, 0.15) is 23.2 Å². The number of carbonyl (C=O) groups is 1. The first-order chi connectivity index (χ1) is 11.8. The Bertz CT molecular complexity index is 747. The second kappa shape index (κ2) is 7.78. The maximum absolute atomic E-state index is 11.4. The van der Waals surface area contributed by atoms with Crippen molar-refractivity contribution < 1.29 is 18.8 Å². The summed E-state index contributed by atoms with van der Waals surface area (Å²) in [6.45, 7) is 8.19. The van der Waals surface area contributed by atoms with Crippen molar-refractivity contribution in [2.24, 2.45) is 0 Å². The Morgan fingerprint density at radius 1 is 1.04 bits per heavy atom. The van der Waals surface area contributed by atoms with Crippen LogP contribution >= 0.6 is 0 Å². The molecule has 2 aromatic carbocycles. The SMILES string of the molecule is [C-]#[N+]c1ccc(Oc2ccc(B3OCCCCO3)c(C=O)c2)cc1. The number of hydrogen-bond acceptors (Lipinski definition) is 4. The molecule has 120 valence electrons. The molecule has 3 rings (SSSR count). The summed E-state index contributed by atoms with van der Waals surface area (Å²) in [5.74, 6) is 1.15. The highest BCUT2D eigenvalue weighted by molar-refractivity contribution is 6.62. The molecule has 1 aliphatic rings. The molecule has 0 aromatic heterocycles. The molecule has 0 saturated carbocycles. The van der Waals surface area contributed by atoms with Crippen LogP contribution in [0.15, 0.2) is 42.5 Å². The lowest BCUT2D eigenvalue weighted by atomic mass is 9.76. The molecule has 6 heteroatoms. The Kier molecular flexibility index (Phi) is 5.27. The van der Waals surface area contributed by atoms with Gasteiger partial charge >= 0.3 is 7.12 Å². The molecule has 0 amide bonds. The maximum Gasteiger partial charge on any atom is 0.494 e. The van der Waals surface area contributed by atoms with Crippen LogP contribution in [0.2, 0.25) is 0 Å². The Labute approximate surface area is 141 Å². The average Bonchev–Trinajstić information content (AvgIpc) is 2.91. The molecular formula is C18H16BNO4. The first kappa shape index (κ1) is 16.3. The van der Waals surface area contributed by atoms with Crippen molar-refractivity contribution >= 4 is 24.6 Å². The van der Waals surface area contributed by atoms with E-state index in [2.05, 4.69) is 4.85 Å². The van der Waals surface area contributed by atoms with Crippen LogP contribution in [0.4, 0.5) is 5.69 Å². The lowest BCUT2D eigenvalue weighted by Gasteiger charge is -2.14. The van der Waals surface area contributed by atoms with E-state index in [1.54, 1.807) is 42.5 Å². The molecule has 0 aliphatic carbocycles. The van der Waals surface area contributed by atoms with Crippen molar-refractivity contribution in [2.45, 2.75) is 12.8 Å². The van der Waals surface area contributed by atoms with Gasteiger partial charge in [-0.25, -0.2) is 4.85 Å². The van der Waals surface area contributed by atoms with Gasteiger partial charge in [0.05, 0.1) is 6.57 Å². The fourth-order valence-electron chi connectivity index (χ4n) is 2.47. The fraction of sp³-hybridized carbons (Fsp3) is 0.222. The summed E-state index contributed by atoms with van der Waals surface area (Å²) in [7, 11) is -0.514. The van der Waals surface area contributed by atoms with Crippen LogP contribution in [0.3, 0.4) is 0 Å². The van der Waals surface area contributed by atoms with Crippen molar-refractivity contribution in [1.82, 2.24) is 0 Å². The standard InChI is InChI=1S/C18H16BNO4/c1-20-15-4-6-16(7-5-15)24-17-8-9-18(14(12-17)13-21)19-22-10-2-3-11-23-19/h4-9,12-13H,2-3,10-11H2. The zero-order valence-corrected chi connectivity index (χ0v) is 13.1. The van der Waals surface area contributed by atoms with Gasteiger partial charge in [-0.05, 0) is 42.6 Å². The third-order valence-electron chi connectivity index (χ3n) is 3.72. The molecule has 1 aliphatic heterocycles. The van der Waals surface area contributed by atoms with Gasteiger partial charge < -0.3 is 14.0 Å². The van der Waals surface area contributed by atoms with Crippen LogP contribution < -0.4 is 10.2 Å². The van der Waals surface area contributed by atoms with E-state index in [4.69, 9.17) is 20.6 Å². The van der Waals surface area contributed by atoms with E-state index in [0.717, 1.165) is 19.1 Å². The molecule has 0 unspecified atom stereocenters. The van der Waals surface area contributed by atoms with E-state index in [0.29, 0.717) is 41.4 Å². The van der Waals surface area contributed by atoms with Gasteiger partial charge in [0.2, 0.25) is 0 Å². The normalized spacial score (nSPS) is 14.5. The average molecular weight is 321 g/mol. The van der Waals surface area contributed by atoms with Gasteiger partial charge in [-0.2, -0.15) is 0 Å². The Balaban J connectivity index is 1.80. The summed E-state index contributed by atoms with van der Waals surface area (Å²) in [6.07, 6.45) is 2.69. The van der Waals surface area contributed by atoms with Crippen molar-refractivity contribution in [3.05, 3.63) is 59.4 Å². The molecular weight excluding hydrogens is 305 g/mol. The molecule has 0 atom stereocenters. The first-order valence-electron chi connectivity index (χ1n) is 7.78. The summed E-state index contributed by atoms with van der Waals surface area (Å²) in [6, 6.07) is 12.1. The molecule has 1 fully saturated rings. The minimum Gasteiger partial charge on any atom is -0.457 e. The topological polar surface area (TPSA) is 49.1 Å². The van der Waals surface area contributed by atoms with Gasteiger partial charge in [-0.1, -0.05) is 18.2 Å². The summed E-state index contributed by atoms with van der Waals surface area (Å²) >= 11 is 0. The number of nitrogens with zero attached hydrogens (tertiary/aromatic N) is 1. The van der Waals surface area contributed by atoms with Crippen molar-refractivity contribution in [2.75, 3.05) is 13.2 Å². The molecule has 24 heavy (non-hydrogen) atoms. The highest BCUT2D eigenvalue weighted by Crippen LogP contribution is 2.24. The van der Waals surface area contributed by atoms with E-state index >= 15 is 0 Å². The smallest absolute Gasteiger partial charge is 0.457 e. The Morgan fingerprint density at radius 3 is 2.33 bits per heavy atom. The van der Waals surface area contributed by atoms with Gasteiger partial charge in [0.25, 0.3) is 0 Å². The number of benzene rings is 2. The monoisotopic (exact) mass is 321 g/mol. The predicted octanol–water partition coefficient (Wildman–Crippen LogP) is 3.36. The molecule has 1 saturated heterocycles. The van der Waals surface area contributed by atoms with Crippen LogP contribution in [0.25, 0.3) is 4.85 Å². The van der Waals surface area contributed by atoms with Gasteiger partial charge in [-0.3, -0.25) is 4.79 Å². The molecule has 0 spiro atoms. The van der Waals surface area contributed by atoms with Crippen molar-refractivity contribution in [3.8, 4) is 11.5 Å². The number of carbonyl (C=O) groups excluding carboxylic acids is 1. The van der Waals surface area contributed by atoms with E-state index in [1.165, 1.54) is 0 Å². The second-order valence-corrected chi connectivity index (χ2v) is 5.40. The Morgan fingerprint density at radius 2 is 1.71 bits per heavy atom. The van der Waals surface area contributed by atoms with E-state index in [-0.39, 0.29) is 0 Å². The van der Waals surface area contributed by atoms with Crippen molar-refractivity contribution in [3.63, 3.8) is 0 Å². The molecule has 2 aromatic rings. The number of ether oxygens (including phenoxy) is 1. The van der Waals surface area contributed by atoms with Crippen LogP contribution in [0, 0.1) is 6.57 Å². The van der Waals surface area contributed by atoms with Gasteiger partial charge in [0, 0.05) is 18.8 Å². The molecule has 0 N–H and O–H groups in total. The molecule has 0 bridgehead atoms. The minimum absolute atomic E-state index is 0.483. The largest absolute Gasteiger partial charge is 0.494 e.